The lowest BCUT2D eigenvalue weighted by atomic mass is 9.98. The first kappa shape index (κ1) is 45.0. The molecule has 12 rings (SSSR count). The van der Waals surface area contributed by atoms with Crippen LogP contribution in [0.1, 0.15) is 22.3 Å². The molecule has 3 heterocycles. The minimum absolute atomic E-state index is 0.373. The fourth-order valence-corrected chi connectivity index (χ4v) is 9.55. The normalized spacial score (nSPS) is 10.9. The minimum Gasteiger partial charge on any atom is -0.308 e. The third-order valence-electron chi connectivity index (χ3n) is 13.1. The number of hydrogen-bond donors (Lipinski definition) is 0. The number of rotatable bonds is 9. The SMILES string of the molecule is N#Cc1cc(C#N)cc(-c2ccc3c4ccc(-c5cc(C#N)cc(C#N)c5)cc4n(-c4ccc(-c5nc(-c6ccccc6)nc(-c6ccccc6)n5)cc4-c4nc(-c5ccccc5)cc(-c5ccccc5)n4)c3c2)c1. The summed E-state index contributed by atoms with van der Waals surface area (Å²) in [6, 6.07) is 79.4. The molecule has 3 aromatic heterocycles. The van der Waals surface area contributed by atoms with E-state index in [2.05, 4.69) is 53.1 Å². The molecule has 0 amide bonds. The van der Waals surface area contributed by atoms with E-state index in [1.165, 1.54) is 0 Å². The molecule has 0 aliphatic rings. The van der Waals surface area contributed by atoms with E-state index < -0.39 is 0 Å². The Morgan fingerprint density at radius 2 is 0.653 bits per heavy atom. The molecule has 0 N–H and O–H groups in total. The van der Waals surface area contributed by atoms with Crippen molar-refractivity contribution in [1.82, 2.24) is 29.5 Å². The van der Waals surface area contributed by atoms with Crippen molar-refractivity contribution in [3.63, 3.8) is 0 Å². The average molecular weight is 957 g/mol. The molecular weight excluding hydrogens is 921 g/mol. The van der Waals surface area contributed by atoms with Crippen LogP contribution < -0.4 is 0 Å². The van der Waals surface area contributed by atoms with Crippen LogP contribution in [0, 0.1) is 45.3 Å². The zero-order valence-corrected chi connectivity index (χ0v) is 39.8. The van der Waals surface area contributed by atoms with Gasteiger partial charge in [-0.3, -0.25) is 0 Å². The Morgan fingerprint density at radius 3 is 1.05 bits per heavy atom. The van der Waals surface area contributed by atoms with Crippen LogP contribution in [-0.4, -0.2) is 29.5 Å². The lowest BCUT2D eigenvalue weighted by Gasteiger charge is -2.17. The number of fused-ring (bicyclic) bond motifs is 3. The van der Waals surface area contributed by atoms with Gasteiger partial charge in [-0.1, -0.05) is 146 Å². The van der Waals surface area contributed by atoms with Crippen molar-refractivity contribution in [2.24, 2.45) is 0 Å². The van der Waals surface area contributed by atoms with Crippen molar-refractivity contribution in [3.8, 4) is 120 Å². The quantitative estimate of drug-likeness (QED) is 0.137. The summed E-state index contributed by atoms with van der Waals surface area (Å²) in [4.78, 5) is 26.1. The van der Waals surface area contributed by atoms with E-state index in [1.807, 2.05) is 158 Å². The predicted octanol–water partition coefficient (Wildman–Crippen LogP) is 14.6. The van der Waals surface area contributed by atoms with Gasteiger partial charge >= 0.3 is 0 Å². The Bertz CT molecular complexity index is 4080. The van der Waals surface area contributed by atoms with Crippen LogP contribution in [-0.2, 0) is 0 Å². The maximum atomic E-state index is 10.0. The molecule has 9 aromatic carbocycles. The zero-order valence-electron chi connectivity index (χ0n) is 39.8. The van der Waals surface area contributed by atoms with E-state index in [-0.39, 0.29) is 0 Å². The fourth-order valence-electron chi connectivity index (χ4n) is 9.55. The predicted molar refractivity (Wildman–Crippen MR) is 292 cm³/mol. The zero-order chi connectivity index (χ0) is 50.8. The third kappa shape index (κ3) is 8.66. The highest BCUT2D eigenvalue weighted by atomic mass is 15.0. The fraction of sp³-hybridized carbons (Fsp3) is 0. The average Bonchev–Trinajstić information content (AvgIpc) is 3.82. The van der Waals surface area contributed by atoms with Crippen molar-refractivity contribution in [2.45, 2.75) is 0 Å². The smallest absolute Gasteiger partial charge is 0.164 e. The van der Waals surface area contributed by atoms with Crippen LogP contribution in [0.25, 0.3) is 118 Å². The Kier molecular flexibility index (Phi) is 11.5. The molecule has 0 spiro atoms. The van der Waals surface area contributed by atoms with E-state index in [4.69, 9.17) is 24.9 Å². The third-order valence-corrected chi connectivity index (χ3v) is 13.1. The van der Waals surface area contributed by atoms with E-state index in [0.717, 1.165) is 72.3 Å². The number of nitrogens with zero attached hydrogens (tertiary/aromatic N) is 10. The van der Waals surface area contributed by atoms with Crippen LogP contribution in [0.5, 0.6) is 0 Å². The van der Waals surface area contributed by atoms with Crippen LogP contribution in [0.15, 0.2) is 218 Å². The maximum absolute atomic E-state index is 10.0. The van der Waals surface area contributed by atoms with Gasteiger partial charge in [-0.25, -0.2) is 24.9 Å². The van der Waals surface area contributed by atoms with Crippen LogP contribution in [0.4, 0.5) is 0 Å². The van der Waals surface area contributed by atoms with E-state index in [9.17, 15) is 21.0 Å². The molecule has 0 saturated carbocycles. The van der Waals surface area contributed by atoms with Gasteiger partial charge in [0.05, 0.1) is 74.6 Å². The molecule has 12 aromatic rings. The summed E-state index contributed by atoms with van der Waals surface area (Å²) in [6.07, 6.45) is 0. The molecule has 0 bridgehead atoms. The highest BCUT2D eigenvalue weighted by Crippen LogP contribution is 2.42. The molecule has 10 nitrogen and oxygen atoms in total. The molecule has 0 unspecified atom stereocenters. The van der Waals surface area contributed by atoms with Crippen LogP contribution >= 0.6 is 0 Å². The number of hydrogen-bond acceptors (Lipinski definition) is 9. The van der Waals surface area contributed by atoms with Gasteiger partial charge in [0.25, 0.3) is 0 Å². The first-order chi connectivity index (χ1) is 36.9. The van der Waals surface area contributed by atoms with Gasteiger partial charge in [0.1, 0.15) is 0 Å². The molecule has 0 radical (unpaired) electrons. The second kappa shape index (κ2) is 19.2. The molecule has 0 atom stereocenters. The van der Waals surface area contributed by atoms with E-state index in [1.54, 1.807) is 36.4 Å². The Hall–Kier alpha value is -11.2. The van der Waals surface area contributed by atoms with Gasteiger partial charge in [0.15, 0.2) is 23.3 Å². The molecular formula is C65H36N10. The van der Waals surface area contributed by atoms with Gasteiger partial charge in [-0.15, -0.1) is 0 Å². The molecule has 346 valence electrons. The van der Waals surface area contributed by atoms with E-state index >= 15 is 0 Å². The van der Waals surface area contributed by atoms with Crippen molar-refractivity contribution in [2.75, 3.05) is 0 Å². The first-order valence-corrected chi connectivity index (χ1v) is 23.9. The maximum Gasteiger partial charge on any atom is 0.164 e. The summed E-state index contributed by atoms with van der Waals surface area (Å²) in [6.45, 7) is 0. The lowest BCUT2D eigenvalue weighted by Crippen LogP contribution is -2.04. The summed E-state index contributed by atoms with van der Waals surface area (Å²) < 4.78 is 2.19. The highest BCUT2D eigenvalue weighted by molar-refractivity contribution is 6.12. The van der Waals surface area contributed by atoms with E-state index in [0.29, 0.717) is 67.8 Å². The monoisotopic (exact) mass is 956 g/mol. The first-order valence-electron chi connectivity index (χ1n) is 23.9. The van der Waals surface area contributed by atoms with Crippen molar-refractivity contribution in [3.05, 3.63) is 241 Å². The topological polar surface area (TPSA) is 165 Å². The molecule has 75 heavy (non-hydrogen) atoms. The van der Waals surface area contributed by atoms with Gasteiger partial charge < -0.3 is 4.57 Å². The summed E-state index contributed by atoms with van der Waals surface area (Å²) in [5.74, 6) is 1.92. The van der Waals surface area contributed by atoms with Gasteiger partial charge in [0.2, 0.25) is 0 Å². The van der Waals surface area contributed by atoms with Crippen molar-refractivity contribution >= 4 is 21.8 Å². The number of benzene rings is 9. The Morgan fingerprint density at radius 1 is 0.280 bits per heavy atom. The van der Waals surface area contributed by atoms with Crippen LogP contribution in [0.3, 0.4) is 0 Å². The largest absolute Gasteiger partial charge is 0.308 e. The Labute approximate surface area is 431 Å². The highest BCUT2D eigenvalue weighted by Gasteiger charge is 2.23. The molecule has 0 saturated heterocycles. The second-order valence-electron chi connectivity index (χ2n) is 17.8. The van der Waals surface area contributed by atoms with Gasteiger partial charge in [0, 0.05) is 44.2 Å². The second-order valence-corrected chi connectivity index (χ2v) is 17.8. The molecule has 0 aliphatic heterocycles. The van der Waals surface area contributed by atoms with Gasteiger partial charge in [-0.2, -0.15) is 21.0 Å². The van der Waals surface area contributed by atoms with Crippen molar-refractivity contribution in [1.29, 1.82) is 21.0 Å². The number of aromatic nitrogens is 6. The lowest BCUT2D eigenvalue weighted by molar-refractivity contribution is 1.07. The summed E-state index contributed by atoms with van der Waals surface area (Å²) in [7, 11) is 0. The Balaban J connectivity index is 1.19. The standard InChI is InChI=1S/C65H36N10/c66-37-41-27-42(38-67)30-52(29-41)49-21-24-54-55-25-22-50(53-31-43(39-68)28-44(32-53)40-69)35-61(55)75(60(54)34-49)59-26-23-51(64-73-62(47-17-9-3-10-18-47)72-63(74-64)48-19-11-4-12-20-48)33-56(59)65-70-57(45-13-5-1-6-14-45)36-58(71-65)46-15-7-2-8-16-46/h1-36H. The summed E-state index contributed by atoms with van der Waals surface area (Å²) >= 11 is 0. The van der Waals surface area contributed by atoms with Crippen LogP contribution in [0.2, 0.25) is 0 Å². The van der Waals surface area contributed by atoms with Crippen molar-refractivity contribution < 1.29 is 0 Å². The summed E-state index contributed by atoms with van der Waals surface area (Å²) in [5, 5.41) is 42.0. The summed E-state index contributed by atoms with van der Waals surface area (Å²) in [5.41, 5.74) is 13.1. The number of nitriles is 4. The molecule has 10 heteroatoms. The molecule has 0 aliphatic carbocycles. The molecule has 0 fully saturated rings. The van der Waals surface area contributed by atoms with Gasteiger partial charge in [-0.05, 0) is 95.1 Å². The minimum atomic E-state index is 0.373.